The van der Waals surface area contributed by atoms with Crippen molar-refractivity contribution in [1.29, 1.82) is 0 Å². The van der Waals surface area contributed by atoms with Gasteiger partial charge in [-0.25, -0.2) is 0 Å². The van der Waals surface area contributed by atoms with Crippen LogP contribution in [0.3, 0.4) is 0 Å². The average molecular weight is 227 g/mol. The topological polar surface area (TPSA) is 44.4 Å². The van der Waals surface area contributed by atoms with Crippen molar-refractivity contribution in [1.82, 2.24) is 15.5 Å². The molecule has 0 spiro atoms. The molecule has 0 bridgehead atoms. The Labute approximate surface area is 98.8 Å². The first kappa shape index (κ1) is 13.5. The van der Waals surface area contributed by atoms with E-state index in [4.69, 9.17) is 0 Å². The molecule has 1 amide bonds. The maximum absolute atomic E-state index is 11.9. The average Bonchev–Trinajstić information content (AvgIpc) is 2.73. The zero-order valence-electron chi connectivity index (χ0n) is 10.6. The van der Waals surface area contributed by atoms with Gasteiger partial charge in [-0.1, -0.05) is 6.92 Å². The van der Waals surface area contributed by atoms with Crippen LogP contribution < -0.4 is 10.6 Å². The summed E-state index contributed by atoms with van der Waals surface area (Å²) in [5.74, 6) is 0.224. The van der Waals surface area contributed by atoms with E-state index in [1.165, 1.54) is 0 Å². The lowest BCUT2D eigenvalue weighted by Gasteiger charge is -2.22. The lowest BCUT2D eigenvalue weighted by atomic mass is 10.2. The van der Waals surface area contributed by atoms with Gasteiger partial charge in [0.2, 0.25) is 5.91 Å². The molecular weight excluding hydrogens is 202 g/mol. The second-order valence-electron chi connectivity index (χ2n) is 4.44. The quantitative estimate of drug-likeness (QED) is 0.626. The van der Waals surface area contributed by atoms with Crippen molar-refractivity contribution in [2.45, 2.75) is 38.6 Å². The van der Waals surface area contributed by atoms with Gasteiger partial charge in [0.1, 0.15) is 0 Å². The van der Waals surface area contributed by atoms with E-state index in [0.29, 0.717) is 0 Å². The molecule has 0 saturated carbocycles. The van der Waals surface area contributed by atoms with Gasteiger partial charge in [-0.3, -0.25) is 9.69 Å². The fourth-order valence-corrected chi connectivity index (χ4v) is 2.27. The van der Waals surface area contributed by atoms with E-state index in [1.54, 1.807) is 0 Å². The number of carbonyl (C=O) groups excluding carboxylic acids is 1. The number of rotatable bonds is 7. The Morgan fingerprint density at radius 2 is 2.25 bits per heavy atom. The van der Waals surface area contributed by atoms with Crippen LogP contribution in [0.25, 0.3) is 0 Å². The first-order valence-electron chi connectivity index (χ1n) is 6.46. The number of nitrogens with zero attached hydrogens (tertiary/aromatic N) is 1. The van der Waals surface area contributed by atoms with E-state index >= 15 is 0 Å². The lowest BCUT2D eigenvalue weighted by Crippen LogP contribution is -2.44. The monoisotopic (exact) mass is 227 g/mol. The van der Waals surface area contributed by atoms with Crippen LogP contribution in [0.2, 0.25) is 0 Å². The van der Waals surface area contributed by atoms with Crippen LogP contribution in [0.15, 0.2) is 0 Å². The summed E-state index contributed by atoms with van der Waals surface area (Å²) in [6.07, 6.45) is 4.32. The molecule has 0 aromatic rings. The molecule has 4 nitrogen and oxygen atoms in total. The minimum atomic E-state index is 0.134. The predicted octanol–water partition coefficient (Wildman–Crippen LogP) is 0.587. The maximum atomic E-state index is 11.9. The van der Waals surface area contributed by atoms with Gasteiger partial charge in [0.25, 0.3) is 0 Å². The summed E-state index contributed by atoms with van der Waals surface area (Å²) in [6.45, 7) is 6.05. The van der Waals surface area contributed by atoms with Crippen molar-refractivity contribution in [3.05, 3.63) is 0 Å². The predicted molar refractivity (Wildman–Crippen MR) is 66.4 cm³/mol. The van der Waals surface area contributed by atoms with Gasteiger partial charge in [-0.15, -0.1) is 0 Å². The third-order valence-electron chi connectivity index (χ3n) is 3.08. The number of amides is 1. The molecule has 1 aliphatic heterocycles. The van der Waals surface area contributed by atoms with Crippen LogP contribution in [0, 0.1) is 0 Å². The fraction of sp³-hybridized carbons (Fsp3) is 0.917. The summed E-state index contributed by atoms with van der Waals surface area (Å²) >= 11 is 0. The van der Waals surface area contributed by atoms with Gasteiger partial charge in [-0.05, 0) is 52.4 Å². The summed E-state index contributed by atoms with van der Waals surface area (Å²) in [5.41, 5.74) is 0. The van der Waals surface area contributed by atoms with Crippen LogP contribution >= 0.6 is 0 Å². The molecule has 1 unspecified atom stereocenters. The largest absolute Gasteiger partial charge is 0.355 e. The van der Waals surface area contributed by atoms with Crippen LogP contribution in [-0.4, -0.2) is 50.1 Å². The molecule has 4 heteroatoms. The van der Waals surface area contributed by atoms with Crippen molar-refractivity contribution in [2.24, 2.45) is 0 Å². The number of likely N-dealkylation sites (tertiary alicyclic amines) is 1. The van der Waals surface area contributed by atoms with E-state index in [-0.39, 0.29) is 11.9 Å². The Hall–Kier alpha value is -0.610. The van der Waals surface area contributed by atoms with Gasteiger partial charge < -0.3 is 10.6 Å². The van der Waals surface area contributed by atoms with E-state index in [2.05, 4.69) is 22.5 Å². The zero-order chi connectivity index (χ0) is 11.8. The summed E-state index contributed by atoms with van der Waals surface area (Å²) in [4.78, 5) is 14.2. The highest BCUT2D eigenvalue weighted by molar-refractivity contribution is 5.81. The third-order valence-corrected chi connectivity index (χ3v) is 3.08. The number of carbonyl (C=O) groups is 1. The molecule has 1 rings (SSSR count). The second-order valence-corrected chi connectivity index (χ2v) is 4.44. The zero-order valence-corrected chi connectivity index (χ0v) is 10.6. The van der Waals surface area contributed by atoms with Crippen molar-refractivity contribution < 1.29 is 4.79 Å². The molecule has 1 aliphatic rings. The Balaban J connectivity index is 2.23. The van der Waals surface area contributed by atoms with E-state index in [0.717, 1.165) is 51.9 Å². The van der Waals surface area contributed by atoms with E-state index < -0.39 is 0 Å². The van der Waals surface area contributed by atoms with E-state index in [9.17, 15) is 4.79 Å². The molecule has 0 aliphatic carbocycles. The molecule has 1 fully saturated rings. The minimum absolute atomic E-state index is 0.134. The fourth-order valence-electron chi connectivity index (χ4n) is 2.27. The van der Waals surface area contributed by atoms with Crippen molar-refractivity contribution in [3.8, 4) is 0 Å². The van der Waals surface area contributed by atoms with Gasteiger partial charge >= 0.3 is 0 Å². The standard InChI is InChI=1S/C12H25N3O/c1-3-9-15-10-4-6-11(15)12(16)14-8-5-7-13-2/h11,13H,3-10H2,1-2H3,(H,14,16). The number of hydrogen-bond acceptors (Lipinski definition) is 3. The number of hydrogen-bond donors (Lipinski definition) is 2. The van der Waals surface area contributed by atoms with Gasteiger partial charge in [-0.2, -0.15) is 0 Å². The normalized spacial score (nSPS) is 21.2. The van der Waals surface area contributed by atoms with Crippen molar-refractivity contribution in [2.75, 3.05) is 33.2 Å². The van der Waals surface area contributed by atoms with E-state index in [1.807, 2.05) is 7.05 Å². The van der Waals surface area contributed by atoms with Gasteiger partial charge in [0, 0.05) is 6.54 Å². The van der Waals surface area contributed by atoms with Crippen molar-refractivity contribution in [3.63, 3.8) is 0 Å². The number of nitrogens with one attached hydrogen (secondary N) is 2. The molecule has 2 N–H and O–H groups in total. The molecule has 1 heterocycles. The van der Waals surface area contributed by atoms with Crippen LogP contribution in [0.4, 0.5) is 0 Å². The summed E-state index contributed by atoms with van der Waals surface area (Å²) < 4.78 is 0. The molecule has 94 valence electrons. The molecule has 0 aromatic heterocycles. The van der Waals surface area contributed by atoms with Crippen LogP contribution in [0.1, 0.15) is 32.6 Å². The minimum Gasteiger partial charge on any atom is -0.355 e. The van der Waals surface area contributed by atoms with Gasteiger partial charge in [0.05, 0.1) is 6.04 Å². The molecule has 1 atom stereocenters. The SMILES string of the molecule is CCCN1CCCC1C(=O)NCCCNC. The van der Waals surface area contributed by atoms with Crippen LogP contribution in [0.5, 0.6) is 0 Å². The molecular formula is C12H25N3O. The third kappa shape index (κ3) is 4.10. The lowest BCUT2D eigenvalue weighted by molar-refractivity contribution is -0.125. The summed E-state index contributed by atoms with van der Waals surface area (Å²) in [5, 5.41) is 6.11. The highest BCUT2D eigenvalue weighted by Crippen LogP contribution is 2.17. The summed E-state index contributed by atoms with van der Waals surface area (Å²) in [6, 6.07) is 0.134. The second kappa shape index (κ2) is 7.63. The Kier molecular flexibility index (Phi) is 6.42. The highest BCUT2D eigenvalue weighted by atomic mass is 16.2. The Morgan fingerprint density at radius 3 is 2.94 bits per heavy atom. The van der Waals surface area contributed by atoms with Crippen molar-refractivity contribution >= 4 is 5.91 Å². The molecule has 1 saturated heterocycles. The maximum Gasteiger partial charge on any atom is 0.237 e. The Bertz CT molecular complexity index is 208. The highest BCUT2D eigenvalue weighted by Gasteiger charge is 2.29. The first-order chi connectivity index (χ1) is 7.79. The first-order valence-corrected chi connectivity index (χ1v) is 6.46. The smallest absolute Gasteiger partial charge is 0.237 e. The Morgan fingerprint density at radius 1 is 1.44 bits per heavy atom. The van der Waals surface area contributed by atoms with Crippen LogP contribution in [-0.2, 0) is 4.79 Å². The van der Waals surface area contributed by atoms with Gasteiger partial charge in [0.15, 0.2) is 0 Å². The summed E-state index contributed by atoms with van der Waals surface area (Å²) in [7, 11) is 1.93. The molecule has 0 radical (unpaired) electrons. The molecule has 16 heavy (non-hydrogen) atoms. The molecule has 0 aromatic carbocycles.